The minimum absolute atomic E-state index is 0.266. The summed E-state index contributed by atoms with van der Waals surface area (Å²) in [5, 5.41) is -0.266. The lowest BCUT2D eigenvalue weighted by atomic mass is 9.98. The molecule has 1 atom stereocenters. The molecule has 0 amide bonds. The van der Waals surface area contributed by atoms with Gasteiger partial charge in [-0.2, -0.15) is 0 Å². The van der Waals surface area contributed by atoms with Crippen molar-refractivity contribution in [3.05, 3.63) is 29.8 Å². The number of likely N-dealkylation sites (tertiary alicyclic amines) is 1. The fourth-order valence-electron chi connectivity index (χ4n) is 2.91. The van der Waals surface area contributed by atoms with E-state index < -0.39 is 9.84 Å². The van der Waals surface area contributed by atoms with Crippen molar-refractivity contribution in [2.24, 2.45) is 0 Å². The van der Waals surface area contributed by atoms with Gasteiger partial charge in [0.25, 0.3) is 0 Å². The Hall–Kier alpha value is -1.07. The molecule has 0 bridgehead atoms. The monoisotopic (exact) mass is 325 g/mol. The van der Waals surface area contributed by atoms with Crippen LogP contribution in [0.4, 0.5) is 0 Å². The summed E-state index contributed by atoms with van der Waals surface area (Å²) in [7, 11) is -1.23. The molecule has 1 heterocycles. The highest BCUT2D eigenvalue weighted by Crippen LogP contribution is 2.28. The third-order valence-electron chi connectivity index (χ3n) is 4.48. The first kappa shape index (κ1) is 17.3. The molecule has 124 valence electrons. The van der Waals surface area contributed by atoms with Crippen LogP contribution in [0.2, 0.25) is 0 Å². The molecule has 0 N–H and O–H groups in total. The Morgan fingerprint density at radius 2 is 1.95 bits per heavy atom. The first-order chi connectivity index (χ1) is 10.4. The summed E-state index contributed by atoms with van der Waals surface area (Å²) in [6.45, 7) is 6.46. The fourth-order valence-corrected chi connectivity index (χ4v) is 3.91. The van der Waals surface area contributed by atoms with Crippen molar-refractivity contribution in [1.82, 2.24) is 4.90 Å². The number of hydrogen-bond donors (Lipinski definition) is 0. The van der Waals surface area contributed by atoms with Crippen LogP contribution in [0.25, 0.3) is 0 Å². The lowest BCUT2D eigenvalue weighted by Crippen LogP contribution is -2.25. The van der Waals surface area contributed by atoms with E-state index >= 15 is 0 Å². The Morgan fingerprint density at radius 3 is 2.55 bits per heavy atom. The Kier molecular flexibility index (Phi) is 5.87. The molecule has 0 radical (unpaired) electrons. The van der Waals surface area contributed by atoms with Gasteiger partial charge in [0.05, 0.1) is 18.1 Å². The van der Waals surface area contributed by atoms with Crippen molar-refractivity contribution < 1.29 is 13.2 Å². The molecular weight excluding hydrogens is 298 g/mol. The van der Waals surface area contributed by atoms with E-state index in [4.69, 9.17) is 4.74 Å². The Balaban J connectivity index is 1.80. The van der Waals surface area contributed by atoms with Crippen molar-refractivity contribution in [1.29, 1.82) is 0 Å². The van der Waals surface area contributed by atoms with E-state index in [-0.39, 0.29) is 5.25 Å². The van der Waals surface area contributed by atoms with Crippen molar-refractivity contribution in [3.63, 3.8) is 0 Å². The number of rotatable bonds is 7. The Bertz CT molecular complexity index is 566. The average molecular weight is 325 g/mol. The van der Waals surface area contributed by atoms with E-state index in [2.05, 4.69) is 17.0 Å². The number of benzene rings is 1. The Labute approximate surface area is 134 Å². The van der Waals surface area contributed by atoms with E-state index in [1.165, 1.54) is 5.56 Å². The lowest BCUT2D eigenvalue weighted by Gasteiger charge is -2.16. The lowest BCUT2D eigenvalue weighted by molar-refractivity contribution is 0.335. The van der Waals surface area contributed by atoms with Crippen molar-refractivity contribution in [2.45, 2.75) is 37.9 Å². The number of sulfone groups is 1. The van der Waals surface area contributed by atoms with Gasteiger partial charge in [-0.05, 0) is 63.4 Å². The predicted molar refractivity (Wildman–Crippen MR) is 90.3 cm³/mol. The van der Waals surface area contributed by atoms with Crippen LogP contribution in [0.5, 0.6) is 5.75 Å². The zero-order valence-electron chi connectivity index (χ0n) is 13.8. The largest absolute Gasteiger partial charge is 0.497 e. The van der Waals surface area contributed by atoms with Crippen LogP contribution in [-0.2, 0) is 9.84 Å². The first-order valence-electron chi connectivity index (χ1n) is 8.00. The minimum atomic E-state index is -2.90. The molecule has 0 saturated carbocycles. The van der Waals surface area contributed by atoms with Gasteiger partial charge in [-0.15, -0.1) is 0 Å². The highest BCUT2D eigenvalue weighted by atomic mass is 32.2. The van der Waals surface area contributed by atoms with Gasteiger partial charge in [-0.25, -0.2) is 8.42 Å². The molecule has 1 unspecified atom stereocenters. The molecule has 4 nitrogen and oxygen atoms in total. The third-order valence-corrected chi connectivity index (χ3v) is 6.78. The summed E-state index contributed by atoms with van der Waals surface area (Å²) in [5.74, 6) is 1.74. The molecule has 0 spiro atoms. The van der Waals surface area contributed by atoms with Crippen LogP contribution >= 0.6 is 0 Å². The smallest absolute Gasteiger partial charge is 0.152 e. The molecule has 0 aliphatic carbocycles. The number of hydrogen-bond acceptors (Lipinski definition) is 4. The molecule has 1 aliphatic heterocycles. The molecule has 2 rings (SSSR count). The average Bonchev–Trinajstić information content (AvgIpc) is 2.96. The van der Waals surface area contributed by atoms with Gasteiger partial charge in [-0.3, -0.25) is 0 Å². The van der Waals surface area contributed by atoms with E-state index in [1.807, 2.05) is 12.1 Å². The van der Waals surface area contributed by atoms with Crippen LogP contribution in [0.1, 0.15) is 38.2 Å². The zero-order valence-corrected chi connectivity index (χ0v) is 14.6. The second-order valence-corrected chi connectivity index (χ2v) is 9.01. The van der Waals surface area contributed by atoms with Crippen molar-refractivity contribution in [3.8, 4) is 5.75 Å². The quantitative estimate of drug-likeness (QED) is 0.773. The normalized spacial score (nSPS) is 19.7. The molecule has 1 aromatic rings. The van der Waals surface area contributed by atoms with Crippen LogP contribution < -0.4 is 4.74 Å². The minimum Gasteiger partial charge on any atom is -0.497 e. The summed E-state index contributed by atoms with van der Waals surface area (Å²) in [4.78, 5) is 2.38. The van der Waals surface area contributed by atoms with E-state index in [0.29, 0.717) is 11.7 Å². The maximum absolute atomic E-state index is 11.8. The summed E-state index contributed by atoms with van der Waals surface area (Å²) in [5.41, 5.74) is 1.35. The first-order valence-corrected chi connectivity index (χ1v) is 9.72. The number of ether oxygens (including phenoxy) is 1. The van der Waals surface area contributed by atoms with Crippen LogP contribution in [-0.4, -0.2) is 51.1 Å². The third kappa shape index (κ3) is 4.46. The van der Waals surface area contributed by atoms with Gasteiger partial charge in [0, 0.05) is 6.54 Å². The number of nitrogens with zero attached hydrogens (tertiary/aromatic N) is 1. The van der Waals surface area contributed by atoms with E-state index in [9.17, 15) is 8.42 Å². The molecule has 1 saturated heterocycles. The summed E-state index contributed by atoms with van der Waals surface area (Å²) >= 11 is 0. The van der Waals surface area contributed by atoms with Gasteiger partial charge >= 0.3 is 0 Å². The van der Waals surface area contributed by atoms with Crippen molar-refractivity contribution in [2.75, 3.05) is 32.5 Å². The van der Waals surface area contributed by atoms with Gasteiger partial charge in [0.15, 0.2) is 9.84 Å². The second-order valence-electron chi connectivity index (χ2n) is 6.33. The molecule has 1 fully saturated rings. The molecule has 1 aliphatic rings. The fraction of sp³-hybridized carbons (Fsp3) is 0.647. The highest BCUT2D eigenvalue weighted by molar-refractivity contribution is 7.91. The SMILES string of the molecule is COc1ccc(C2CCN(CCCS(=O)(=O)C(C)C)C2)cc1. The molecule has 22 heavy (non-hydrogen) atoms. The summed E-state index contributed by atoms with van der Waals surface area (Å²) in [6.07, 6.45) is 1.87. The number of methoxy groups -OCH3 is 1. The second kappa shape index (κ2) is 7.47. The maximum Gasteiger partial charge on any atom is 0.152 e. The molecule has 0 aromatic heterocycles. The molecule has 1 aromatic carbocycles. The van der Waals surface area contributed by atoms with Gasteiger partial charge in [0.2, 0.25) is 0 Å². The van der Waals surface area contributed by atoms with Crippen LogP contribution in [0.15, 0.2) is 24.3 Å². The summed E-state index contributed by atoms with van der Waals surface area (Å²) < 4.78 is 28.8. The van der Waals surface area contributed by atoms with Gasteiger partial charge in [0.1, 0.15) is 5.75 Å². The van der Waals surface area contributed by atoms with Crippen LogP contribution in [0, 0.1) is 0 Å². The van der Waals surface area contributed by atoms with E-state index in [1.54, 1.807) is 21.0 Å². The molecule has 5 heteroatoms. The Morgan fingerprint density at radius 1 is 1.27 bits per heavy atom. The topological polar surface area (TPSA) is 46.6 Å². The van der Waals surface area contributed by atoms with Gasteiger partial charge in [-0.1, -0.05) is 12.1 Å². The van der Waals surface area contributed by atoms with Crippen LogP contribution in [0.3, 0.4) is 0 Å². The van der Waals surface area contributed by atoms with E-state index in [0.717, 1.165) is 38.2 Å². The van der Waals surface area contributed by atoms with Gasteiger partial charge < -0.3 is 9.64 Å². The van der Waals surface area contributed by atoms with Crippen molar-refractivity contribution >= 4 is 9.84 Å². The maximum atomic E-state index is 11.8. The predicted octanol–water partition coefficient (Wildman–Crippen LogP) is 2.70. The highest BCUT2D eigenvalue weighted by Gasteiger charge is 2.24. The molecular formula is C17H27NO3S. The summed E-state index contributed by atoms with van der Waals surface area (Å²) in [6, 6.07) is 8.28. The standard InChI is InChI=1S/C17H27NO3S/c1-14(2)22(19,20)12-4-10-18-11-9-16(13-18)15-5-7-17(21-3)8-6-15/h5-8,14,16H,4,9-13H2,1-3H3. The zero-order chi connectivity index (χ0) is 16.2.